The average molecular weight is 415 g/mol. The van der Waals surface area contributed by atoms with Gasteiger partial charge >= 0.3 is 0 Å². The summed E-state index contributed by atoms with van der Waals surface area (Å²) in [5.74, 6) is -2.47. The standard InChI is InChI=1S/C19H12F3N5OS/c20-11-1-4-13(5-2-11)27-18-14(8-25-27)19(24-10-23-18)29-9-17(28)26-16-6-3-12(21)7-15(16)22/h1-8,10H,9H2,(H,26,28). The molecular formula is C19H12F3N5OS. The van der Waals surface area contributed by atoms with Crippen LogP contribution in [0.15, 0.2) is 60.0 Å². The maximum absolute atomic E-state index is 13.7. The number of amides is 1. The maximum atomic E-state index is 13.7. The maximum Gasteiger partial charge on any atom is 0.234 e. The van der Waals surface area contributed by atoms with Gasteiger partial charge in [-0.15, -0.1) is 0 Å². The number of nitrogens with one attached hydrogen (secondary N) is 1. The Morgan fingerprint density at radius 1 is 1.03 bits per heavy atom. The minimum atomic E-state index is -0.853. The number of rotatable bonds is 5. The summed E-state index contributed by atoms with van der Waals surface area (Å²) < 4.78 is 41.3. The minimum absolute atomic E-state index is 0.0509. The number of carbonyl (C=O) groups excluding carboxylic acids is 1. The Bertz CT molecular complexity index is 1200. The molecule has 0 bridgehead atoms. The molecule has 0 fully saturated rings. The summed E-state index contributed by atoms with van der Waals surface area (Å²) in [7, 11) is 0. The zero-order chi connectivity index (χ0) is 20.4. The number of aromatic nitrogens is 4. The van der Waals surface area contributed by atoms with Crippen molar-refractivity contribution in [1.29, 1.82) is 0 Å². The lowest BCUT2D eigenvalue weighted by atomic mass is 10.3. The minimum Gasteiger partial charge on any atom is -0.323 e. The molecule has 4 rings (SSSR count). The number of benzene rings is 2. The third kappa shape index (κ3) is 4.06. The molecule has 0 aliphatic heterocycles. The van der Waals surface area contributed by atoms with Gasteiger partial charge in [-0.1, -0.05) is 11.8 Å². The predicted molar refractivity (Wildman–Crippen MR) is 102 cm³/mol. The van der Waals surface area contributed by atoms with Crippen LogP contribution in [0, 0.1) is 17.5 Å². The lowest BCUT2D eigenvalue weighted by Crippen LogP contribution is -2.15. The van der Waals surface area contributed by atoms with Crippen LogP contribution in [-0.2, 0) is 4.79 Å². The fraction of sp³-hybridized carbons (Fsp3) is 0.0526. The van der Waals surface area contributed by atoms with E-state index in [1.807, 2.05) is 0 Å². The molecule has 0 unspecified atom stereocenters. The van der Waals surface area contributed by atoms with Crippen molar-refractivity contribution in [2.75, 3.05) is 11.1 Å². The summed E-state index contributed by atoms with van der Waals surface area (Å²) in [6, 6.07) is 8.69. The number of nitrogens with zero attached hydrogens (tertiary/aromatic N) is 4. The van der Waals surface area contributed by atoms with E-state index in [1.165, 1.54) is 23.1 Å². The van der Waals surface area contributed by atoms with Crippen LogP contribution in [0.25, 0.3) is 16.7 Å². The van der Waals surface area contributed by atoms with Crippen LogP contribution >= 0.6 is 11.8 Å². The molecule has 1 amide bonds. The van der Waals surface area contributed by atoms with Gasteiger partial charge in [0.1, 0.15) is 28.8 Å². The summed E-state index contributed by atoms with van der Waals surface area (Å²) in [5.41, 5.74) is 1.02. The van der Waals surface area contributed by atoms with Crippen LogP contribution in [0.5, 0.6) is 0 Å². The Morgan fingerprint density at radius 2 is 1.79 bits per heavy atom. The van der Waals surface area contributed by atoms with Gasteiger partial charge in [0.2, 0.25) is 5.91 Å². The highest BCUT2D eigenvalue weighted by Gasteiger charge is 2.14. The topological polar surface area (TPSA) is 72.7 Å². The third-order valence-electron chi connectivity index (χ3n) is 3.95. The molecule has 0 spiro atoms. The average Bonchev–Trinajstić information content (AvgIpc) is 3.14. The van der Waals surface area contributed by atoms with Crippen molar-refractivity contribution in [2.45, 2.75) is 5.03 Å². The van der Waals surface area contributed by atoms with Gasteiger partial charge in [-0.2, -0.15) is 5.10 Å². The van der Waals surface area contributed by atoms with E-state index in [2.05, 4.69) is 20.4 Å². The first kappa shape index (κ1) is 18.9. The smallest absolute Gasteiger partial charge is 0.234 e. The van der Waals surface area contributed by atoms with E-state index >= 15 is 0 Å². The number of carbonyl (C=O) groups is 1. The summed E-state index contributed by atoms with van der Waals surface area (Å²) >= 11 is 1.12. The van der Waals surface area contributed by atoms with E-state index in [1.54, 1.807) is 18.3 Å². The monoisotopic (exact) mass is 415 g/mol. The van der Waals surface area contributed by atoms with Crippen molar-refractivity contribution in [3.05, 3.63) is 72.4 Å². The van der Waals surface area contributed by atoms with Gasteiger partial charge < -0.3 is 5.32 Å². The SMILES string of the molecule is O=C(CSc1ncnc2c1cnn2-c1ccc(F)cc1)Nc1ccc(F)cc1F. The zero-order valence-corrected chi connectivity index (χ0v) is 15.5. The lowest BCUT2D eigenvalue weighted by molar-refractivity contribution is -0.113. The molecular weight excluding hydrogens is 403 g/mol. The predicted octanol–water partition coefficient (Wildman–Crippen LogP) is 3.96. The van der Waals surface area contributed by atoms with E-state index < -0.39 is 17.5 Å². The second-order valence-electron chi connectivity index (χ2n) is 5.91. The van der Waals surface area contributed by atoms with Gasteiger partial charge in [0.05, 0.1) is 28.7 Å². The molecule has 0 saturated carbocycles. The van der Waals surface area contributed by atoms with Gasteiger partial charge in [0.25, 0.3) is 0 Å². The molecule has 4 aromatic rings. The van der Waals surface area contributed by atoms with Crippen LogP contribution in [0.1, 0.15) is 0 Å². The quantitative estimate of drug-likeness (QED) is 0.395. The number of hydrogen-bond donors (Lipinski definition) is 1. The summed E-state index contributed by atoms with van der Waals surface area (Å²) in [4.78, 5) is 20.5. The fourth-order valence-electron chi connectivity index (χ4n) is 2.62. The van der Waals surface area contributed by atoms with Crippen LogP contribution < -0.4 is 5.32 Å². The molecule has 0 aliphatic rings. The van der Waals surface area contributed by atoms with Crippen molar-refractivity contribution < 1.29 is 18.0 Å². The molecule has 0 atom stereocenters. The summed E-state index contributed by atoms with van der Waals surface area (Å²) in [5, 5.41) is 7.78. The Morgan fingerprint density at radius 3 is 2.55 bits per heavy atom. The number of anilines is 1. The fourth-order valence-corrected chi connectivity index (χ4v) is 3.38. The second kappa shape index (κ2) is 7.92. The molecule has 2 heterocycles. The van der Waals surface area contributed by atoms with Crippen molar-refractivity contribution in [3.8, 4) is 5.69 Å². The second-order valence-corrected chi connectivity index (χ2v) is 6.87. The molecule has 1 N–H and O–H groups in total. The number of fused-ring (bicyclic) bond motifs is 1. The van der Waals surface area contributed by atoms with Crippen LogP contribution in [-0.4, -0.2) is 31.4 Å². The van der Waals surface area contributed by atoms with Crippen molar-refractivity contribution in [1.82, 2.24) is 19.7 Å². The van der Waals surface area contributed by atoms with Gasteiger partial charge in [0, 0.05) is 6.07 Å². The molecule has 29 heavy (non-hydrogen) atoms. The third-order valence-corrected chi connectivity index (χ3v) is 4.95. The van der Waals surface area contributed by atoms with E-state index in [0.29, 0.717) is 27.8 Å². The van der Waals surface area contributed by atoms with Gasteiger partial charge in [-0.25, -0.2) is 27.8 Å². The summed E-state index contributed by atoms with van der Waals surface area (Å²) in [6.45, 7) is 0. The largest absolute Gasteiger partial charge is 0.323 e. The van der Waals surface area contributed by atoms with Gasteiger partial charge in [0.15, 0.2) is 5.65 Å². The zero-order valence-electron chi connectivity index (χ0n) is 14.6. The molecule has 6 nitrogen and oxygen atoms in total. The van der Waals surface area contributed by atoms with E-state index in [-0.39, 0.29) is 17.3 Å². The Hall–Kier alpha value is -3.40. The number of thioether (sulfide) groups is 1. The number of halogens is 3. The first-order valence-electron chi connectivity index (χ1n) is 8.33. The Labute approximate surface area is 166 Å². The first-order chi connectivity index (χ1) is 14.0. The van der Waals surface area contributed by atoms with Gasteiger partial charge in [-0.3, -0.25) is 4.79 Å². The number of hydrogen-bond acceptors (Lipinski definition) is 5. The molecule has 2 aromatic carbocycles. The normalized spacial score (nSPS) is 11.0. The van der Waals surface area contributed by atoms with E-state index in [4.69, 9.17) is 0 Å². The molecule has 0 aliphatic carbocycles. The highest BCUT2D eigenvalue weighted by molar-refractivity contribution is 8.00. The van der Waals surface area contributed by atoms with Crippen LogP contribution in [0.2, 0.25) is 0 Å². The summed E-state index contributed by atoms with van der Waals surface area (Å²) in [6.07, 6.45) is 2.89. The van der Waals surface area contributed by atoms with Crippen molar-refractivity contribution in [3.63, 3.8) is 0 Å². The molecule has 10 heteroatoms. The van der Waals surface area contributed by atoms with Crippen LogP contribution in [0.3, 0.4) is 0 Å². The highest BCUT2D eigenvalue weighted by Crippen LogP contribution is 2.26. The van der Waals surface area contributed by atoms with Crippen LogP contribution in [0.4, 0.5) is 18.9 Å². The lowest BCUT2D eigenvalue weighted by Gasteiger charge is -2.07. The molecule has 0 radical (unpaired) electrons. The molecule has 2 aromatic heterocycles. The van der Waals surface area contributed by atoms with Gasteiger partial charge in [-0.05, 0) is 36.4 Å². The molecule has 146 valence electrons. The molecule has 0 saturated heterocycles. The van der Waals surface area contributed by atoms with E-state index in [0.717, 1.165) is 23.9 Å². The first-order valence-corrected chi connectivity index (χ1v) is 9.32. The van der Waals surface area contributed by atoms with Crippen molar-refractivity contribution in [2.24, 2.45) is 0 Å². The highest BCUT2D eigenvalue weighted by atomic mass is 32.2. The van der Waals surface area contributed by atoms with E-state index in [9.17, 15) is 18.0 Å². The Kier molecular flexibility index (Phi) is 5.17. The Balaban J connectivity index is 1.51. The van der Waals surface area contributed by atoms with Crippen molar-refractivity contribution >= 4 is 34.4 Å².